The van der Waals surface area contributed by atoms with E-state index >= 15 is 0 Å². The smallest absolute Gasteiger partial charge is 0.0756 e. The van der Waals surface area contributed by atoms with Gasteiger partial charge in [0.15, 0.2) is 0 Å². The van der Waals surface area contributed by atoms with Crippen molar-refractivity contribution in [3.05, 3.63) is 0 Å². The van der Waals surface area contributed by atoms with Crippen molar-refractivity contribution < 1.29 is 4.74 Å². The molecular formula is C18H35NO. The van der Waals surface area contributed by atoms with Crippen molar-refractivity contribution in [2.75, 3.05) is 13.2 Å². The maximum atomic E-state index is 6.25. The number of hydrogen-bond acceptors (Lipinski definition) is 2. The summed E-state index contributed by atoms with van der Waals surface area (Å²) in [5.41, 5.74) is 0. The van der Waals surface area contributed by atoms with E-state index in [-0.39, 0.29) is 0 Å². The van der Waals surface area contributed by atoms with Crippen LogP contribution in [0.3, 0.4) is 0 Å². The molecule has 0 aliphatic heterocycles. The standard InChI is InChI=1S/C18H35NO/c1-3-13-19-17(14-15-9-8-10-15)18(20-4-2)16-11-6-5-7-12-16/h15-19H,3-14H2,1-2H3. The Kier molecular flexibility index (Phi) is 7.37. The molecule has 0 heterocycles. The molecule has 2 aliphatic carbocycles. The highest BCUT2D eigenvalue weighted by Gasteiger charge is 2.33. The van der Waals surface area contributed by atoms with Crippen molar-refractivity contribution in [1.29, 1.82) is 0 Å². The minimum absolute atomic E-state index is 0.465. The third-order valence-corrected chi connectivity index (χ3v) is 5.34. The maximum absolute atomic E-state index is 6.25. The molecule has 2 atom stereocenters. The number of hydrogen-bond donors (Lipinski definition) is 1. The number of ether oxygens (including phenoxy) is 1. The predicted octanol–water partition coefficient (Wildman–Crippen LogP) is 4.53. The average Bonchev–Trinajstić information content (AvgIpc) is 2.44. The van der Waals surface area contributed by atoms with E-state index in [9.17, 15) is 0 Å². The SMILES string of the molecule is CCCNC(CC1CCC1)C(OCC)C1CCCCC1. The van der Waals surface area contributed by atoms with Crippen LogP contribution in [-0.4, -0.2) is 25.3 Å². The summed E-state index contributed by atoms with van der Waals surface area (Å²) in [5, 5.41) is 3.83. The summed E-state index contributed by atoms with van der Waals surface area (Å²) in [7, 11) is 0. The summed E-state index contributed by atoms with van der Waals surface area (Å²) in [4.78, 5) is 0. The summed E-state index contributed by atoms with van der Waals surface area (Å²) in [6.07, 6.45) is 14.4. The first kappa shape index (κ1) is 16.3. The maximum Gasteiger partial charge on any atom is 0.0756 e. The zero-order chi connectivity index (χ0) is 14.2. The van der Waals surface area contributed by atoms with E-state index in [1.54, 1.807) is 0 Å². The van der Waals surface area contributed by atoms with Crippen LogP contribution in [0.4, 0.5) is 0 Å². The monoisotopic (exact) mass is 281 g/mol. The lowest BCUT2D eigenvalue weighted by Gasteiger charge is -2.39. The van der Waals surface area contributed by atoms with Gasteiger partial charge < -0.3 is 10.1 Å². The first-order valence-corrected chi connectivity index (χ1v) is 9.20. The summed E-state index contributed by atoms with van der Waals surface area (Å²) in [5.74, 6) is 1.77. The van der Waals surface area contributed by atoms with E-state index in [0.717, 1.165) is 25.0 Å². The molecule has 0 aromatic heterocycles. The Morgan fingerprint density at radius 2 is 1.75 bits per heavy atom. The molecular weight excluding hydrogens is 246 g/mol. The lowest BCUT2D eigenvalue weighted by atomic mass is 9.76. The minimum atomic E-state index is 0.465. The van der Waals surface area contributed by atoms with Crippen LogP contribution in [-0.2, 0) is 4.74 Å². The Bertz CT molecular complexity index is 246. The molecule has 2 fully saturated rings. The van der Waals surface area contributed by atoms with E-state index in [0.29, 0.717) is 12.1 Å². The van der Waals surface area contributed by atoms with Crippen molar-refractivity contribution >= 4 is 0 Å². The molecule has 0 aromatic carbocycles. The largest absolute Gasteiger partial charge is 0.377 e. The molecule has 2 rings (SSSR count). The lowest BCUT2D eigenvalue weighted by Crippen LogP contribution is -2.48. The van der Waals surface area contributed by atoms with Gasteiger partial charge in [0, 0.05) is 12.6 Å². The normalized spacial score (nSPS) is 24.3. The van der Waals surface area contributed by atoms with E-state index < -0.39 is 0 Å². The van der Waals surface area contributed by atoms with Gasteiger partial charge in [-0.3, -0.25) is 0 Å². The topological polar surface area (TPSA) is 21.3 Å². The van der Waals surface area contributed by atoms with E-state index in [4.69, 9.17) is 4.74 Å². The van der Waals surface area contributed by atoms with Gasteiger partial charge in [0.2, 0.25) is 0 Å². The fraction of sp³-hybridized carbons (Fsp3) is 1.00. The highest BCUT2D eigenvalue weighted by atomic mass is 16.5. The van der Waals surface area contributed by atoms with Gasteiger partial charge in [-0.2, -0.15) is 0 Å². The highest BCUT2D eigenvalue weighted by Crippen LogP contribution is 2.35. The Hall–Kier alpha value is -0.0800. The Balaban J connectivity index is 1.94. The van der Waals surface area contributed by atoms with Gasteiger partial charge in [-0.05, 0) is 51.0 Å². The molecule has 20 heavy (non-hydrogen) atoms. The molecule has 2 aliphatic rings. The molecule has 0 aromatic rings. The molecule has 0 radical (unpaired) electrons. The Morgan fingerprint density at radius 1 is 1.00 bits per heavy atom. The van der Waals surface area contributed by atoms with Crippen LogP contribution in [0.5, 0.6) is 0 Å². The van der Waals surface area contributed by atoms with Gasteiger partial charge >= 0.3 is 0 Å². The predicted molar refractivity (Wildman–Crippen MR) is 86.0 cm³/mol. The van der Waals surface area contributed by atoms with Crippen LogP contribution in [0.1, 0.15) is 78.1 Å². The molecule has 0 bridgehead atoms. The summed E-state index contributed by atoms with van der Waals surface area (Å²) < 4.78 is 6.25. The second-order valence-corrected chi connectivity index (χ2v) is 6.91. The van der Waals surface area contributed by atoms with E-state index in [1.165, 1.54) is 64.2 Å². The average molecular weight is 281 g/mol. The zero-order valence-electron chi connectivity index (χ0n) is 13.7. The van der Waals surface area contributed by atoms with Crippen LogP contribution in [0.15, 0.2) is 0 Å². The molecule has 2 heteroatoms. The van der Waals surface area contributed by atoms with Gasteiger partial charge in [-0.25, -0.2) is 0 Å². The van der Waals surface area contributed by atoms with Crippen molar-refractivity contribution in [1.82, 2.24) is 5.32 Å². The van der Waals surface area contributed by atoms with Crippen LogP contribution in [0, 0.1) is 11.8 Å². The molecule has 2 nitrogen and oxygen atoms in total. The third kappa shape index (κ3) is 4.73. The molecule has 118 valence electrons. The molecule has 0 amide bonds. The van der Waals surface area contributed by atoms with Gasteiger partial charge in [0.25, 0.3) is 0 Å². The molecule has 2 unspecified atom stereocenters. The van der Waals surface area contributed by atoms with Gasteiger partial charge in [-0.15, -0.1) is 0 Å². The first-order valence-electron chi connectivity index (χ1n) is 9.20. The van der Waals surface area contributed by atoms with Gasteiger partial charge in [-0.1, -0.05) is 45.4 Å². The molecule has 0 saturated heterocycles. The Labute approximate surface area is 126 Å². The summed E-state index contributed by atoms with van der Waals surface area (Å²) in [6.45, 7) is 6.45. The fourth-order valence-electron chi connectivity index (χ4n) is 3.99. The minimum Gasteiger partial charge on any atom is -0.377 e. The van der Waals surface area contributed by atoms with Crippen LogP contribution in [0.2, 0.25) is 0 Å². The van der Waals surface area contributed by atoms with Crippen molar-refractivity contribution in [3.63, 3.8) is 0 Å². The Morgan fingerprint density at radius 3 is 2.30 bits per heavy atom. The van der Waals surface area contributed by atoms with Crippen molar-refractivity contribution in [2.24, 2.45) is 11.8 Å². The molecule has 2 saturated carbocycles. The number of nitrogens with one attached hydrogen (secondary N) is 1. The highest BCUT2D eigenvalue weighted by molar-refractivity contribution is 4.88. The third-order valence-electron chi connectivity index (χ3n) is 5.34. The van der Waals surface area contributed by atoms with Crippen molar-refractivity contribution in [2.45, 2.75) is 90.2 Å². The molecule has 1 N–H and O–H groups in total. The lowest BCUT2D eigenvalue weighted by molar-refractivity contribution is -0.0253. The van der Waals surface area contributed by atoms with Crippen LogP contribution in [0.25, 0.3) is 0 Å². The fourth-order valence-corrected chi connectivity index (χ4v) is 3.99. The zero-order valence-corrected chi connectivity index (χ0v) is 13.7. The van der Waals surface area contributed by atoms with Gasteiger partial charge in [0.1, 0.15) is 0 Å². The second kappa shape index (κ2) is 9.04. The van der Waals surface area contributed by atoms with E-state index in [1.807, 2.05) is 0 Å². The summed E-state index contributed by atoms with van der Waals surface area (Å²) >= 11 is 0. The molecule has 0 spiro atoms. The second-order valence-electron chi connectivity index (χ2n) is 6.91. The van der Waals surface area contributed by atoms with E-state index in [2.05, 4.69) is 19.2 Å². The number of rotatable bonds is 9. The first-order chi connectivity index (χ1) is 9.85. The van der Waals surface area contributed by atoms with Crippen LogP contribution >= 0.6 is 0 Å². The quantitative estimate of drug-likeness (QED) is 0.670. The summed E-state index contributed by atoms with van der Waals surface area (Å²) in [6, 6.07) is 0.600. The van der Waals surface area contributed by atoms with Gasteiger partial charge in [0.05, 0.1) is 6.10 Å². The van der Waals surface area contributed by atoms with Crippen LogP contribution < -0.4 is 5.32 Å². The van der Waals surface area contributed by atoms with Crippen molar-refractivity contribution in [3.8, 4) is 0 Å².